The number of carboxylic acid groups (broad SMARTS) is 1. The molecule has 0 heterocycles. The van der Waals surface area contributed by atoms with Gasteiger partial charge in [-0.05, 0) is 58.9 Å². The number of hydrogen-bond acceptors (Lipinski definition) is 4. The summed E-state index contributed by atoms with van der Waals surface area (Å²) in [5.41, 5.74) is -0.748. The highest BCUT2D eigenvalue weighted by Crippen LogP contribution is 2.33. The van der Waals surface area contributed by atoms with Crippen molar-refractivity contribution >= 4 is 5.97 Å². The summed E-state index contributed by atoms with van der Waals surface area (Å²) in [5.74, 6) is 0.0915. The molecule has 0 aromatic rings. The quantitative estimate of drug-likeness (QED) is 0.635. The van der Waals surface area contributed by atoms with Crippen LogP contribution in [0.5, 0.6) is 0 Å². The third-order valence-corrected chi connectivity index (χ3v) is 4.72. The molecular formula is C16H30N2O3. The van der Waals surface area contributed by atoms with Crippen LogP contribution in [0.1, 0.15) is 46.0 Å². The molecule has 2 aliphatic carbocycles. The van der Waals surface area contributed by atoms with Crippen LogP contribution in [0.15, 0.2) is 0 Å². The Hall–Kier alpha value is -0.650. The van der Waals surface area contributed by atoms with Gasteiger partial charge in [-0.2, -0.15) is 0 Å². The van der Waals surface area contributed by atoms with E-state index in [9.17, 15) is 9.90 Å². The molecule has 122 valence electrons. The van der Waals surface area contributed by atoms with Crippen molar-refractivity contribution in [2.75, 3.05) is 26.8 Å². The molecular weight excluding hydrogens is 268 g/mol. The Morgan fingerprint density at radius 1 is 1.43 bits per heavy atom. The number of nitrogens with zero attached hydrogens (tertiary/aromatic N) is 1. The number of nitrogens with one attached hydrogen (secondary N) is 1. The summed E-state index contributed by atoms with van der Waals surface area (Å²) in [5, 5.41) is 12.9. The first-order chi connectivity index (χ1) is 9.93. The number of carbonyl (C=O) groups is 1. The van der Waals surface area contributed by atoms with Crippen LogP contribution in [0.2, 0.25) is 0 Å². The van der Waals surface area contributed by atoms with Gasteiger partial charge in [0.1, 0.15) is 5.54 Å². The Bertz CT molecular complexity index is 357. The largest absolute Gasteiger partial charge is 0.480 e. The van der Waals surface area contributed by atoms with Crippen LogP contribution in [-0.4, -0.2) is 60.4 Å². The molecule has 2 N–H and O–H groups in total. The van der Waals surface area contributed by atoms with Gasteiger partial charge in [0.05, 0.1) is 6.61 Å². The van der Waals surface area contributed by atoms with E-state index in [-0.39, 0.29) is 6.04 Å². The van der Waals surface area contributed by atoms with Crippen LogP contribution in [0.3, 0.4) is 0 Å². The zero-order chi connectivity index (χ0) is 15.5. The number of hydrogen-bond donors (Lipinski definition) is 2. The minimum absolute atomic E-state index is 0.187. The summed E-state index contributed by atoms with van der Waals surface area (Å²) >= 11 is 0. The van der Waals surface area contributed by atoms with Gasteiger partial charge < -0.3 is 14.7 Å². The predicted octanol–water partition coefficient (Wildman–Crippen LogP) is 1.72. The third kappa shape index (κ3) is 4.66. The number of rotatable bonds is 9. The van der Waals surface area contributed by atoms with Crippen LogP contribution in [0.4, 0.5) is 0 Å². The van der Waals surface area contributed by atoms with E-state index in [1.807, 2.05) is 13.8 Å². The molecule has 0 radical (unpaired) electrons. The number of likely N-dealkylation sites (N-methyl/N-ethyl adjacent to an activating group) is 1. The minimum Gasteiger partial charge on any atom is -0.480 e. The Balaban J connectivity index is 1.76. The van der Waals surface area contributed by atoms with Crippen LogP contribution >= 0.6 is 0 Å². The van der Waals surface area contributed by atoms with E-state index in [4.69, 9.17) is 4.74 Å². The molecule has 21 heavy (non-hydrogen) atoms. The van der Waals surface area contributed by atoms with Crippen molar-refractivity contribution in [1.82, 2.24) is 10.2 Å². The molecule has 0 bridgehead atoms. The van der Waals surface area contributed by atoms with Gasteiger partial charge in [0.25, 0.3) is 0 Å². The molecule has 2 unspecified atom stereocenters. The second-order valence-corrected chi connectivity index (χ2v) is 7.08. The Labute approximate surface area is 128 Å². The highest BCUT2D eigenvalue weighted by Gasteiger charge is 2.46. The highest BCUT2D eigenvalue weighted by molar-refractivity contribution is 5.79. The van der Waals surface area contributed by atoms with E-state index in [0.717, 1.165) is 32.1 Å². The van der Waals surface area contributed by atoms with Crippen LogP contribution < -0.4 is 5.32 Å². The van der Waals surface area contributed by atoms with Crippen LogP contribution in [0.25, 0.3) is 0 Å². The van der Waals surface area contributed by atoms with Crippen molar-refractivity contribution < 1.29 is 14.6 Å². The maximum Gasteiger partial charge on any atom is 0.323 e. The predicted molar refractivity (Wildman–Crippen MR) is 82.5 cm³/mol. The molecule has 2 rings (SSSR count). The fourth-order valence-corrected chi connectivity index (χ4v) is 3.26. The summed E-state index contributed by atoms with van der Waals surface area (Å²) in [7, 11) is 2.08. The second kappa shape index (κ2) is 7.07. The summed E-state index contributed by atoms with van der Waals surface area (Å²) in [4.78, 5) is 13.9. The van der Waals surface area contributed by atoms with Crippen LogP contribution in [-0.2, 0) is 9.53 Å². The van der Waals surface area contributed by atoms with Crippen molar-refractivity contribution in [1.29, 1.82) is 0 Å². The third-order valence-electron chi connectivity index (χ3n) is 4.72. The lowest BCUT2D eigenvalue weighted by atomic mass is 9.96. The molecule has 2 fully saturated rings. The van der Waals surface area contributed by atoms with E-state index in [1.54, 1.807) is 0 Å². The zero-order valence-electron chi connectivity index (χ0n) is 13.6. The van der Waals surface area contributed by atoms with Crippen molar-refractivity contribution in [3.63, 3.8) is 0 Å². The van der Waals surface area contributed by atoms with Crippen molar-refractivity contribution in [2.24, 2.45) is 5.92 Å². The molecule has 2 atom stereocenters. The van der Waals surface area contributed by atoms with E-state index in [2.05, 4.69) is 17.3 Å². The van der Waals surface area contributed by atoms with Gasteiger partial charge >= 0.3 is 5.97 Å². The number of carboxylic acids is 1. The molecule has 0 amide bonds. The highest BCUT2D eigenvalue weighted by atomic mass is 16.5. The van der Waals surface area contributed by atoms with Gasteiger partial charge in [0.15, 0.2) is 0 Å². The maximum absolute atomic E-state index is 11.7. The summed E-state index contributed by atoms with van der Waals surface area (Å²) in [6, 6.07) is 0.518. The Morgan fingerprint density at radius 3 is 2.71 bits per heavy atom. The lowest BCUT2D eigenvalue weighted by molar-refractivity contribution is -0.145. The minimum atomic E-state index is -0.748. The van der Waals surface area contributed by atoms with Gasteiger partial charge in [-0.1, -0.05) is 0 Å². The first-order valence-electron chi connectivity index (χ1n) is 8.22. The fourth-order valence-electron chi connectivity index (χ4n) is 3.26. The standard InChI is InChI=1S/C16H30N2O3/c1-12(2)17-16(15(19)20)7-6-14(10-16)18(3)8-9-21-11-13-4-5-13/h12-14,17H,4-11H2,1-3H3,(H,19,20). The topological polar surface area (TPSA) is 61.8 Å². The average Bonchev–Trinajstić information content (AvgIpc) is 3.13. The summed E-state index contributed by atoms with van der Waals surface area (Å²) in [6.07, 6.45) is 4.96. The SMILES string of the molecule is CC(C)NC1(C(=O)O)CCC(N(C)CCOCC2CC2)C1. The van der Waals surface area contributed by atoms with Crippen molar-refractivity contribution in [2.45, 2.75) is 63.6 Å². The molecule has 0 aliphatic heterocycles. The van der Waals surface area contributed by atoms with Crippen LogP contribution in [0, 0.1) is 5.92 Å². The van der Waals surface area contributed by atoms with Gasteiger partial charge in [-0.25, -0.2) is 0 Å². The molecule has 2 aliphatic rings. The molecule has 0 aromatic heterocycles. The van der Waals surface area contributed by atoms with E-state index >= 15 is 0 Å². The van der Waals surface area contributed by atoms with E-state index in [0.29, 0.717) is 18.9 Å². The van der Waals surface area contributed by atoms with E-state index in [1.165, 1.54) is 12.8 Å². The molecule has 2 saturated carbocycles. The molecule has 5 nitrogen and oxygen atoms in total. The smallest absolute Gasteiger partial charge is 0.323 e. The monoisotopic (exact) mass is 298 g/mol. The zero-order valence-corrected chi connectivity index (χ0v) is 13.6. The van der Waals surface area contributed by atoms with Gasteiger partial charge in [0, 0.05) is 25.2 Å². The first-order valence-corrected chi connectivity index (χ1v) is 8.22. The van der Waals surface area contributed by atoms with Gasteiger partial charge in [-0.3, -0.25) is 10.1 Å². The molecule has 0 aromatic carbocycles. The Morgan fingerprint density at radius 2 is 2.14 bits per heavy atom. The fraction of sp³-hybridized carbons (Fsp3) is 0.938. The van der Waals surface area contributed by atoms with Gasteiger partial charge in [0.2, 0.25) is 0 Å². The van der Waals surface area contributed by atoms with Crippen molar-refractivity contribution in [3.8, 4) is 0 Å². The average molecular weight is 298 g/mol. The van der Waals surface area contributed by atoms with E-state index < -0.39 is 11.5 Å². The normalized spacial score (nSPS) is 29.5. The summed E-state index contributed by atoms with van der Waals surface area (Å²) < 4.78 is 5.68. The summed E-state index contributed by atoms with van der Waals surface area (Å²) in [6.45, 7) is 6.54. The molecule has 0 saturated heterocycles. The molecule has 0 spiro atoms. The lowest BCUT2D eigenvalue weighted by Crippen LogP contribution is -2.53. The number of aliphatic carboxylic acids is 1. The number of ether oxygens (including phenoxy) is 1. The second-order valence-electron chi connectivity index (χ2n) is 7.08. The van der Waals surface area contributed by atoms with Gasteiger partial charge in [-0.15, -0.1) is 0 Å². The molecule has 5 heteroatoms. The maximum atomic E-state index is 11.7. The lowest BCUT2D eigenvalue weighted by Gasteiger charge is -2.30. The first kappa shape index (κ1) is 16.7. The van der Waals surface area contributed by atoms with Crippen molar-refractivity contribution in [3.05, 3.63) is 0 Å². The Kier molecular flexibility index (Phi) is 5.63.